The van der Waals surface area contributed by atoms with Gasteiger partial charge in [0.25, 0.3) is 0 Å². The van der Waals surface area contributed by atoms with E-state index in [1.807, 2.05) is 19.1 Å². The molecular weight excluding hydrogens is 306 g/mol. The molecule has 6 nitrogen and oxygen atoms in total. The van der Waals surface area contributed by atoms with Crippen LogP contribution in [0.4, 0.5) is 0 Å². The summed E-state index contributed by atoms with van der Waals surface area (Å²) in [6.07, 6.45) is 2.09. The minimum Gasteiger partial charge on any atom is -0.465 e. The molecular formula is C18H25N3O3. The Bertz CT molecular complexity index is 689. The lowest BCUT2D eigenvalue weighted by Gasteiger charge is -2.34. The minimum absolute atomic E-state index is 0.0125. The van der Waals surface area contributed by atoms with Crippen LogP contribution in [0.5, 0.6) is 0 Å². The third-order valence-electron chi connectivity index (χ3n) is 4.32. The molecule has 0 aliphatic carbocycles. The number of ether oxygens (including phenoxy) is 1. The summed E-state index contributed by atoms with van der Waals surface area (Å²) in [4.78, 5) is 15.6. The number of furan rings is 1. The van der Waals surface area contributed by atoms with Gasteiger partial charge < -0.3 is 18.6 Å². The molecule has 3 heterocycles. The summed E-state index contributed by atoms with van der Waals surface area (Å²) >= 11 is 0. The van der Waals surface area contributed by atoms with Crippen molar-refractivity contribution in [2.24, 2.45) is 0 Å². The Labute approximate surface area is 142 Å². The molecule has 24 heavy (non-hydrogen) atoms. The van der Waals surface area contributed by atoms with E-state index in [1.54, 1.807) is 19.0 Å². The van der Waals surface area contributed by atoms with Gasteiger partial charge >= 0.3 is 0 Å². The molecule has 1 aliphatic rings. The first-order valence-corrected chi connectivity index (χ1v) is 8.24. The summed E-state index contributed by atoms with van der Waals surface area (Å²) in [6.45, 7) is 5.15. The molecule has 0 N–H and O–H groups in total. The van der Waals surface area contributed by atoms with Crippen molar-refractivity contribution in [3.8, 4) is 0 Å². The summed E-state index contributed by atoms with van der Waals surface area (Å²) in [6, 6.07) is 8.43. The van der Waals surface area contributed by atoms with E-state index >= 15 is 0 Å². The summed E-state index contributed by atoms with van der Waals surface area (Å²) in [5.74, 6) is 1.91. The quantitative estimate of drug-likeness (QED) is 0.813. The fourth-order valence-corrected chi connectivity index (χ4v) is 3.05. The van der Waals surface area contributed by atoms with E-state index in [-0.39, 0.29) is 18.6 Å². The fraction of sp³-hybridized carbons (Fsp3) is 0.500. The highest BCUT2D eigenvalue weighted by molar-refractivity contribution is 5.76. The standard InChI is InChI=1S/C18H25N3O3/c1-14-6-7-17(24-14)11-20-9-15-5-4-8-21(15)16(10-20)12-23-13-18(22)19(2)3/h4-8,16H,9-13H2,1-3H3/t16-/m1/s1. The van der Waals surface area contributed by atoms with Crippen LogP contribution in [0.2, 0.25) is 0 Å². The van der Waals surface area contributed by atoms with Gasteiger partial charge in [0, 0.05) is 39.1 Å². The second-order valence-electron chi connectivity index (χ2n) is 6.55. The van der Waals surface area contributed by atoms with Crippen LogP contribution in [0.1, 0.15) is 23.3 Å². The number of hydrogen-bond acceptors (Lipinski definition) is 4. The van der Waals surface area contributed by atoms with Crippen LogP contribution in [0.25, 0.3) is 0 Å². The molecule has 0 bridgehead atoms. The number of rotatable bonds is 6. The van der Waals surface area contributed by atoms with E-state index in [2.05, 4.69) is 27.8 Å². The maximum absolute atomic E-state index is 11.7. The number of fused-ring (bicyclic) bond motifs is 1. The highest BCUT2D eigenvalue weighted by Crippen LogP contribution is 2.24. The van der Waals surface area contributed by atoms with Gasteiger partial charge in [0.05, 0.1) is 19.2 Å². The van der Waals surface area contributed by atoms with Gasteiger partial charge in [-0.3, -0.25) is 9.69 Å². The van der Waals surface area contributed by atoms with Crippen LogP contribution in [-0.2, 0) is 22.6 Å². The van der Waals surface area contributed by atoms with Gasteiger partial charge in [0.1, 0.15) is 18.1 Å². The number of carbonyl (C=O) groups excluding carboxylic acids is 1. The Hall–Kier alpha value is -2.05. The maximum Gasteiger partial charge on any atom is 0.248 e. The number of carbonyl (C=O) groups is 1. The molecule has 2 aromatic heterocycles. The van der Waals surface area contributed by atoms with Gasteiger partial charge in [-0.25, -0.2) is 0 Å². The Kier molecular flexibility index (Phi) is 5.06. The summed E-state index contributed by atoms with van der Waals surface area (Å²) in [5, 5.41) is 0. The van der Waals surface area contributed by atoms with E-state index in [1.165, 1.54) is 5.69 Å². The second kappa shape index (κ2) is 7.23. The zero-order chi connectivity index (χ0) is 17.1. The zero-order valence-corrected chi connectivity index (χ0v) is 14.6. The molecule has 0 radical (unpaired) electrons. The molecule has 1 aliphatic heterocycles. The fourth-order valence-electron chi connectivity index (χ4n) is 3.05. The molecule has 0 aromatic carbocycles. The molecule has 0 unspecified atom stereocenters. The van der Waals surface area contributed by atoms with E-state index in [0.29, 0.717) is 6.61 Å². The normalized spacial score (nSPS) is 17.7. The van der Waals surface area contributed by atoms with Gasteiger partial charge in [0.2, 0.25) is 5.91 Å². The average molecular weight is 331 g/mol. The number of hydrogen-bond donors (Lipinski definition) is 0. The molecule has 0 fully saturated rings. The molecule has 1 atom stereocenters. The number of likely N-dealkylation sites (N-methyl/N-ethyl adjacent to an activating group) is 1. The topological polar surface area (TPSA) is 50.9 Å². The van der Waals surface area contributed by atoms with Crippen LogP contribution in [-0.4, -0.2) is 54.1 Å². The third-order valence-corrected chi connectivity index (χ3v) is 4.32. The van der Waals surface area contributed by atoms with Crippen molar-refractivity contribution in [2.75, 3.05) is 33.9 Å². The smallest absolute Gasteiger partial charge is 0.248 e. The molecule has 1 amide bonds. The van der Waals surface area contributed by atoms with Crippen molar-refractivity contribution in [3.05, 3.63) is 47.7 Å². The van der Waals surface area contributed by atoms with Crippen LogP contribution in [0, 0.1) is 6.92 Å². The highest BCUT2D eigenvalue weighted by atomic mass is 16.5. The molecule has 3 rings (SSSR count). The lowest BCUT2D eigenvalue weighted by Crippen LogP contribution is -2.39. The first kappa shape index (κ1) is 16.8. The van der Waals surface area contributed by atoms with Gasteiger partial charge in [0.15, 0.2) is 0 Å². The van der Waals surface area contributed by atoms with Crippen molar-refractivity contribution in [1.29, 1.82) is 0 Å². The Balaban J connectivity index is 1.62. The summed E-state index contributed by atoms with van der Waals surface area (Å²) in [5.41, 5.74) is 1.26. The van der Waals surface area contributed by atoms with Crippen LogP contribution < -0.4 is 0 Å². The second-order valence-corrected chi connectivity index (χ2v) is 6.55. The third kappa shape index (κ3) is 3.88. The van der Waals surface area contributed by atoms with Crippen LogP contribution in [0.3, 0.4) is 0 Å². The van der Waals surface area contributed by atoms with Crippen molar-refractivity contribution in [2.45, 2.75) is 26.1 Å². The summed E-state index contributed by atoms with van der Waals surface area (Å²) < 4.78 is 13.6. The highest BCUT2D eigenvalue weighted by Gasteiger charge is 2.25. The Morgan fingerprint density at radius 2 is 2.21 bits per heavy atom. The van der Waals surface area contributed by atoms with Gasteiger partial charge in [-0.05, 0) is 31.2 Å². The van der Waals surface area contributed by atoms with Crippen molar-refractivity contribution < 1.29 is 13.9 Å². The van der Waals surface area contributed by atoms with Gasteiger partial charge in [-0.2, -0.15) is 0 Å². The first-order valence-electron chi connectivity index (χ1n) is 8.24. The van der Waals surface area contributed by atoms with E-state index in [0.717, 1.165) is 31.2 Å². The average Bonchev–Trinajstić information content (AvgIpc) is 3.16. The Morgan fingerprint density at radius 1 is 1.38 bits per heavy atom. The predicted octanol–water partition coefficient (Wildman–Crippen LogP) is 2.05. The number of aryl methyl sites for hydroxylation is 1. The van der Waals surface area contributed by atoms with Crippen LogP contribution >= 0.6 is 0 Å². The largest absolute Gasteiger partial charge is 0.465 e. The summed E-state index contributed by atoms with van der Waals surface area (Å²) in [7, 11) is 3.48. The molecule has 2 aromatic rings. The molecule has 0 spiro atoms. The van der Waals surface area contributed by atoms with Crippen molar-refractivity contribution >= 4 is 5.91 Å². The first-order chi connectivity index (χ1) is 11.5. The van der Waals surface area contributed by atoms with Crippen molar-refractivity contribution in [1.82, 2.24) is 14.4 Å². The van der Waals surface area contributed by atoms with Gasteiger partial charge in [-0.15, -0.1) is 0 Å². The van der Waals surface area contributed by atoms with Gasteiger partial charge in [-0.1, -0.05) is 0 Å². The number of amides is 1. The SMILES string of the molecule is Cc1ccc(CN2Cc3cccn3[C@@H](COCC(=O)N(C)C)C2)o1. The zero-order valence-electron chi connectivity index (χ0n) is 14.6. The molecule has 130 valence electrons. The van der Waals surface area contributed by atoms with Crippen molar-refractivity contribution in [3.63, 3.8) is 0 Å². The minimum atomic E-state index is -0.0125. The molecule has 6 heteroatoms. The lowest BCUT2D eigenvalue weighted by molar-refractivity contribution is -0.134. The number of aromatic nitrogens is 1. The predicted molar refractivity (Wildman–Crippen MR) is 90.5 cm³/mol. The monoisotopic (exact) mass is 331 g/mol. The molecule has 0 saturated carbocycles. The molecule has 0 saturated heterocycles. The maximum atomic E-state index is 11.7. The van der Waals surface area contributed by atoms with E-state index in [4.69, 9.17) is 9.15 Å². The lowest BCUT2D eigenvalue weighted by atomic mass is 10.2. The number of nitrogens with zero attached hydrogens (tertiary/aromatic N) is 3. The van der Waals surface area contributed by atoms with Crippen LogP contribution in [0.15, 0.2) is 34.9 Å². The van der Waals surface area contributed by atoms with E-state index < -0.39 is 0 Å². The van der Waals surface area contributed by atoms with E-state index in [9.17, 15) is 4.79 Å². The Morgan fingerprint density at radius 3 is 2.92 bits per heavy atom.